The molecule has 0 aliphatic rings. The summed E-state index contributed by atoms with van der Waals surface area (Å²) >= 11 is 0. The number of rotatable bonds is 0. The number of aromatic amines is 1. The average Bonchev–Trinajstić information content (AvgIpc) is 2.80. The lowest BCUT2D eigenvalue weighted by Gasteiger charge is -2.05. The number of nitrogens with zero attached hydrogens (tertiary/aromatic N) is 1. The van der Waals surface area contributed by atoms with Crippen LogP contribution < -0.4 is 0 Å². The van der Waals surface area contributed by atoms with E-state index in [4.69, 9.17) is 0 Å². The van der Waals surface area contributed by atoms with E-state index in [1.165, 1.54) is 12.3 Å². The number of halogens is 3. The molecule has 1 aromatic carbocycles. The largest absolute Gasteiger partial charge is 0.416 e. The number of benzene rings is 1. The van der Waals surface area contributed by atoms with E-state index in [0.717, 1.165) is 12.1 Å². The number of hydrogen-bond acceptors (Lipinski definition) is 1. The van der Waals surface area contributed by atoms with E-state index in [1.54, 1.807) is 0 Å². The smallest absolute Gasteiger partial charge is 0.278 e. The zero-order valence-electron chi connectivity index (χ0n) is 10.4. The Balaban J connectivity index is 0.000000581. The van der Waals surface area contributed by atoms with Gasteiger partial charge in [0, 0.05) is 5.39 Å². The minimum atomic E-state index is -4.29. The summed E-state index contributed by atoms with van der Waals surface area (Å²) in [6, 6.07) is 3.47. The molecule has 0 radical (unpaired) electrons. The normalized spacial score (nSPS) is 10.1. The Kier molecular flexibility index (Phi) is 6.31. The van der Waals surface area contributed by atoms with Crippen molar-refractivity contribution in [2.24, 2.45) is 0 Å². The summed E-state index contributed by atoms with van der Waals surface area (Å²) in [5.74, 6) is 0. The summed E-state index contributed by atoms with van der Waals surface area (Å²) < 4.78 is 36.6. The molecule has 0 atom stereocenters. The van der Waals surface area contributed by atoms with Gasteiger partial charge in [-0.15, -0.1) is 0 Å². The lowest BCUT2D eigenvalue weighted by Crippen LogP contribution is -2.03. The first-order valence-corrected chi connectivity index (χ1v) is 5.58. The van der Waals surface area contributed by atoms with Crippen LogP contribution in [0.2, 0.25) is 0 Å². The van der Waals surface area contributed by atoms with Crippen molar-refractivity contribution < 1.29 is 13.2 Å². The van der Waals surface area contributed by atoms with Crippen LogP contribution in [0.25, 0.3) is 10.9 Å². The van der Waals surface area contributed by atoms with Crippen molar-refractivity contribution in [1.82, 2.24) is 10.2 Å². The highest BCUT2D eigenvalue weighted by Gasteiger charge is 2.30. The lowest BCUT2D eigenvalue weighted by atomic mass is 10.1. The molecule has 1 heterocycles. The molecular weight excluding hydrogens is 229 g/mol. The van der Waals surface area contributed by atoms with Crippen molar-refractivity contribution >= 4 is 10.9 Å². The quantitative estimate of drug-likeness (QED) is 0.721. The maximum atomic E-state index is 12.2. The average molecular weight is 246 g/mol. The van der Waals surface area contributed by atoms with Gasteiger partial charge in [-0.05, 0) is 12.1 Å². The number of H-pyrrole nitrogens is 1. The molecule has 0 aliphatic carbocycles. The minimum Gasteiger partial charge on any atom is -0.278 e. The first-order valence-electron chi connectivity index (χ1n) is 5.58. The molecular formula is C12H17F3N2. The molecule has 1 aromatic heterocycles. The second-order valence-corrected chi connectivity index (χ2v) is 2.67. The van der Waals surface area contributed by atoms with Crippen molar-refractivity contribution in [1.29, 1.82) is 0 Å². The molecule has 0 fully saturated rings. The van der Waals surface area contributed by atoms with Gasteiger partial charge in [-0.1, -0.05) is 33.8 Å². The molecule has 2 rings (SSSR count). The fourth-order valence-corrected chi connectivity index (χ4v) is 1.11. The van der Waals surface area contributed by atoms with Gasteiger partial charge in [0.1, 0.15) is 0 Å². The molecule has 2 nitrogen and oxygen atoms in total. The van der Waals surface area contributed by atoms with Crippen LogP contribution >= 0.6 is 0 Å². The van der Waals surface area contributed by atoms with Gasteiger partial charge in [-0.3, -0.25) is 5.10 Å². The lowest BCUT2D eigenvalue weighted by molar-refractivity contribution is -0.137. The van der Waals surface area contributed by atoms with Gasteiger partial charge in [0.25, 0.3) is 0 Å². The van der Waals surface area contributed by atoms with E-state index in [-0.39, 0.29) is 0 Å². The Morgan fingerprint density at radius 1 is 1.06 bits per heavy atom. The van der Waals surface area contributed by atoms with E-state index in [9.17, 15) is 13.2 Å². The highest BCUT2D eigenvalue weighted by molar-refractivity contribution is 5.78. The molecule has 0 unspecified atom stereocenters. The first kappa shape index (κ1) is 15.5. The van der Waals surface area contributed by atoms with Gasteiger partial charge in [0.2, 0.25) is 0 Å². The molecule has 17 heavy (non-hydrogen) atoms. The summed E-state index contributed by atoms with van der Waals surface area (Å²) in [5, 5.41) is 6.79. The van der Waals surface area contributed by atoms with Gasteiger partial charge in [0.15, 0.2) is 0 Å². The van der Waals surface area contributed by atoms with Crippen molar-refractivity contribution in [2.75, 3.05) is 0 Å². The molecule has 0 spiro atoms. The third-order valence-corrected chi connectivity index (χ3v) is 1.77. The molecule has 1 N–H and O–H groups in total. The highest BCUT2D eigenvalue weighted by atomic mass is 19.4. The zero-order chi connectivity index (χ0) is 13.5. The number of aromatic nitrogens is 2. The van der Waals surface area contributed by atoms with Crippen LogP contribution in [0.1, 0.15) is 33.3 Å². The van der Waals surface area contributed by atoms with Gasteiger partial charge in [0.05, 0.1) is 17.3 Å². The van der Waals surface area contributed by atoms with Crippen LogP contribution in [0.5, 0.6) is 0 Å². The fourth-order valence-electron chi connectivity index (χ4n) is 1.11. The van der Waals surface area contributed by atoms with Gasteiger partial charge in [-0.2, -0.15) is 18.3 Å². The topological polar surface area (TPSA) is 28.7 Å². The van der Waals surface area contributed by atoms with Gasteiger partial charge in [-0.25, -0.2) is 0 Å². The third-order valence-electron chi connectivity index (χ3n) is 1.77. The summed E-state index contributed by atoms with van der Waals surface area (Å²) in [6.07, 6.45) is -2.81. The summed E-state index contributed by atoms with van der Waals surface area (Å²) in [7, 11) is 0. The Morgan fingerprint density at radius 2 is 1.65 bits per heavy atom. The molecule has 2 aromatic rings. The van der Waals surface area contributed by atoms with Crippen molar-refractivity contribution in [3.8, 4) is 0 Å². The van der Waals surface area contributed by atoms with Crippen LogP contribution in [-0.2, 0) is 6.18 Å². The molecule has 0 bridgehead atoms. The first-order chi connectivity index (χ1) is 8.07. The second kappa shape index (κ2) is 6.93. The van der Waals surface area contributed by atoms with Gasteiger partial charge >= 0.3 is 6.18 Å². The second-order valence-electron chi connectivity index (χ2n) is 2.67. The zero-order valence-corrected chi connectivity index (χ0v) is 10.4. The van der Waals surface area contributed by atoms with Crippen molar-refractivity contribution in [3.05, 3.63) is 30.0 Å². The molecule has 0 saturated heterocycles. The summed E-state index contributed by atoms with van der Waals surface area (Å²) in [5.41, 5.74) is -0.265. The Bertz CT molecular complexity index is 432. The Labute approximate surface area is 98.8 Å². The van der Waals surface area contributed by atoms with Crippen LogP contribution in [0.3, 0.4) is 0 Å². The Morgan fingerprint density at radius 3 is 2.18 bits per heavy atom. The maximum Gasteiger partial charge on any atom is 0.416 e. The number of alkyl halides is 3. The predicted octanol–water partition coefficient (Wildman–Crippen LogP) is 4.63. The standard InChI is InChI=1S/C8H5F3N2.2C2H6/c9-8(10,11)6-2-1-5-4-12-13-7(5)3-6;2*1-2/h1-4H,(H,12,13);2*1-2H3. The molecule has 5 heteroatoms. The molecule has 0 aliphatic heterocycles. The van der Waals surface area contributed by atoms with E-state index >= 15 is 0 Å². The SMILES string of the molecule is CC.CC.FC(F)(F)c1ccc2cn[nH]c2c1. The van der Waals surface area contributed by atoms with Crippen LogP contribution in [0, 0.1) is 0 Å². The van der Waals surface area contributed by atoms with E-state index in [2.05, 4.69) is 10.2 Å². The Hall–Kier alpha value is -1.52. The maximum absolute atomic E-state index is 12.2. The van der Waals surface area contributed by atoms with E-state index in [1.807, 2.05) is 27.7 Å². The van der Waals surface area contributed by atoms with Crippen LogP contribution in [0.15, 0.2) is 24.4 Å². The van der Waals surface area contributed by atoms with Crippen LogP contribution in [0.4, 0.5) is 13.2 Å². The molecule has 0 amide bonds. The number of fused-ring (bicyclic) bond motifs is 1. The molecule has 0 saturated carbocycles. The minimum absolute atomic E-state index is 0.398. The van der Waals surface area contributed by atoms with E-state index in [0.29, 0.717) is 10.9 Å². The van der Waals surface area contributed by atoms with Gasteiger partial charge < -0.3 is 0 Å². The van der Waals surface area contributed by atoms with Crippen LogP contribution in [-0.4, -0.2) is 10.2 Å². The predicted molar refractivity (Wildman–Crippen MR) is 63.8 cm³/mol. The van der Waals surface area contributed by atoms with E-state index < -0.39 is 11.7 Å². The third kappa shape index (κ3) is 4.09. The summed E-state index contributed by atoms with van der Waals surface area (Å²) in [6.45, 7) is 8.00. The monoisotopic (exact) mass is 246 g/mol. The fraction of sp³-hybridized carbons (Fsp3) is 0.417. The number of nitrogens with one attached hydrogen (secondary N) is 1. The van der Waals surface area contributed by atoms with Crippen molar-refractivity contribution in [3.63, 3.8) is 0 Å². The van der Waals surface area contributed by atoms with Crippen molar-refractivity contribution in [2.45, 2.75) is 33.9 Å². The summed E-state index contributed by atoms with van der Waals surface area (Å²) in [4.78, 5) is 0. The molecule has 96 valence electrons. The number of hydrogen-bond donors (Lipinski definition) is 1. The highest BCUT2D eigenvalue weighted by Crippen LogP contribution is 2.30.